The molecular weight excluding hydrogens is 364 g/mol. The van der Waals surface area contributed by atoms with Crippen LogP contribution >= 0.6 is 11.6 Å². The van der Waals surface area contributed by atoms with Gasteiger partial charge in [0.05, 0.1) is 9.92 Å². The van der Waals surface area contributed by atoms with Gasteiger partial charge in [0.1, 0.15) is 17.3 Å². The van der Waals surface area contributed by atoms with E-state index in [2.05, 4.69) is 10.3 Å². The molecule has 128 valence electrons. The molecule has 6 nitrogen and oxygen atoms in total. The number of nitrogens with one attached hydrogen (secondary N) is 1. The molecule has 0 aliphatic carbocycles. The Morgan fingerprint density at radius 3 is 2.52 bits per heavy atom. The molecule has 0 bridgehead atoms. The highest BCUT2D eigenvalue weighted by atomic mass is 35.5. The van der Waals surface area contributed by atoms with E-state index in [9.17, 15) is 13.2 Å². The summed E-state index contributed by atoms with van der Waals surface area (Å²) >= 11 is 5.73. The molecule has 0 aliphatic heterocycles. The number of sulfone groups is 1. The molecule has 1 aromatic carbocycles. The molecule has 0 saturated heterocycles. The number of carbonyl (C=O) groups is 1. The van der Waals surface area contributed by atoms with Gasteiger partial charge in [-0.3, -0.25) is 4.79 Å². The van der Waals surface area contributed by atoms with E-state index in [1.54, 1.807) is 30.3 Å². The average molecular weight is 377 g/mol. The Morgan fingerprint density at radius 1 is 1.08 bits per heavy atom. The van der Waals surface area contributed by atoms with E-state index in [0.717, 1.165) is 0 Å². The number of hydrogen-bond donors (Lipinski definition) is 1. The maximum Gasteiger partial charge on any atom is 0.292 e. The lowest BCUT2D eigenvalue weighted by Crippen LogP contribution is -2.12. The summed E-state index contributed by atoms with van der Waals surface area (Å²) in [6, 6.07) is 14.1. The Hall–Kier alpha value is -2.64. The lowest BCUT2D eigenvalue weighted by molar-refractivity contribution is 0.0995. The number of carbonyl (C=O) groups excluding carboxylic acids is 1. The van der Waals surface area contributed by atoms with Gasteiger partial charge in [0.15, 0.2) is 15.6 Å². The average Bonchev–Trinajstić information content (AvgIpc) is 3.06. The highest BCUT2D eigenvalue weighted by Crippen LogP contribution is 2.19. The predicted octanol–water partition coefficient (Wildman–Crippen LogP) is 3.55. The van der Waals surface area contributed by atoms with E-state index >= 15 is 0 Å². The largest absolute Gasteiger partial charge is 0.455 e. The first-order chi connectivity index (χ1) is 11.9. The second kappa shape index (κ2) is 7.08. The molecule has 8 heteroatoms. The second-order valence-corrected chi connectivity index (χ2v) is 7.58. The Bertz CT molecular complexity index is 983. The number of hydrogen-bond acceptors (Lipinski definition) is 5. The van der Waals surface area contributed by atoms with Crippen molar-refractivity contribution in [1.82, 2.24) is 4.98 Å². The number of nitrogens with zero attached hydrogens (tertiary/aromatic N) is 1. The van der Waals surface area contributed by atoms with E-state index in [1.165, 1.54) is 30.5 Å². The number of halogens is 1. The van der Waals surface area contributed by atoms with Gasteiger partial charge in [-0.2, -0.15) is 0 Å². The van der Waals surface area contributed by atoms with Gasteiger partial charge < -0.3 is 9.73 Å². The molecule has 0 radical (unpaired) electrons. The van der Waals surface area contributed by atoms with Crippen LogP contribution in [-0.2, 0) is 15.6 Å². The topological polar surface area (TPSA) is 89.3 Å². The van der Waals surface area contributed by atoms with Gasteiger partial charge in [-0.05, 0) is 36.4 Å². The van der Waals surface area contributed by atoms with Crippen molar-refractivity contribution < 1.29 is 17.6 Å². The lowest BCUT2D eigenvalue weighted by Gasteiger charge is -2.03. The second-order valence-electron chi connectivity index (χ2n) is 5.15. The summed E-state index contributed by atoms with van der Waals surface area (Å²) in [7, 11) is -3.54. The van der Waals surface area contributed by atoms with Crippen LogP contribution in [0.15, 0.2) is 70.1 Å². The van der Waals surface area contributed by atoms with Crippen molar-refractivity contribution in [2.24, 2.45) is 0 Å². The van der Waals surface area contributed by atoms with Crippen molar-refractivity contribution in [3.8, 4) is 0 Å². The van der Waals surface area contributed by atoms with Crippen LogP contribution in [0.4, 0.5) is 5.82 Å². The molecule has 0 saturated carbocycles. The summed E-state index contributed by atoms with van der Waals surface area (Å²) < 4.78 is 30.0. The summed E-state index contributed by atoms with van der Waals surface area (Å²) in [5.41, 5.74) is 0. The molecular formula is C17H13ClN2O4S. The van der Waals surface area contributed by atoms with Crippen molar-refractivity contribution in [1.29, 1.82) is 0 Å². The molecule has 0 spiro atoms. The number of aromatic nitrogens is 1. The predicted molar refractivity (Wildman–Crippen MR) is 93.2 cm³/mol. The molecule has 1 amide bonds. The number of rotatable bonds is 5. The fraction of sp³-hybridized carbons (Fsp3) is 0.0588. The van der Waals surface area contributed by atoms with E-state index in [4.69, 9.17) is 16.0 Å². The molecule has 1 N–H and O–H groups in total. The molecule has 25 heavy (non-hydrogen) atoms. The summed E-state index contributed by atoms with van der Waals surface area (Å²) in [6.45, 7) is 0. The van der Waals surface area contributed by atoms with Gasteiger partial charge in [-0.15, -0.1) is 0 Å². The van der Waals surface area contributed by atoms with Crippen LogP contribution in [0.25, 0.3) is 0 Å². The maximum absolute atomic E-state index is 12.3. The highest BCUT2D eigenvalue weighted by Gasteiger charge is 2.19. The zero-order valence-corrected chi connectivity index (χ0v) is 14.4. The first kappa shape index (κ1) is 17.2. The van der Waals surface area contributed by atoms with Gasteiger partial charge in [-0.1, -0.05) is 29.8 Å². The molecule has 0 unspecified atom stereocenters. The standard InChI is InChI=1S/C17H13ClN2O4S/c18-12-6-9-16(19-10-12)20-17(21)15-8-7-13(24-15)11-25(22,23)14-4-2-1-3-5-14/h1-10H,11H2,(H,19,20,21). The zero-order valence-electron chi connectivity index (χ0n) is 12.8. The molecule has 2 heterocycles. The van der Waals surface area contributed by atoms with Gasteiger partial charge in [0, 0.05) is 6.20 Å². The molecule has 0 fully saturated rings. The molecule has 3 aromatic rings. The van der Waals surface area contributed by atoms with Crippen LogP contribution in [-0.4, -0.2) is 19.3 Å². The van der Waals surface area contributed by atoms with Crippen LogP contribution in [0, 0.1) is 0 Å². The third-order valence-corrected chi connectivity index (χ3v) is 5.17. The van der Waals surface area contributed by atoms with Gasteiger partial charge in [-0.25, -0.2) is 13.4 Å². The Morgan fingerprint density at radius 2 is 1.84 bits per heavy atom. The summed E-state index contributed by atoms with van der Waals surface area (Å²) in [5, 5.41) is 2.99. The van der Waals surface area contributed by atoms with E-state index in [1.807, 2.05) is 0 Å². The van der Waals surface area contributed by atoms with Crippen molar-refractivity contribution in [2.45, 2.75) is 10.6 Å². The Labute approximate surface area is 149 Å². The molecule has 2 aromatic heterocycles. The van der Waals surface area contributed by atoms with Gasteiger partial charge in [0.25, 0.3) is 5.91 Å². The van der Waals surface area contributed by atoms with Crippen molar-refractivity contribution in [3.05, 3.63) is 77.3 Å². The van der Waals surface area contributed by atoms with Crippen LogP contribution in [0.2, 0.25) is 5.02 Å². The zero-order chi connectivity index (χ0) is 17.9. The van der Waals surface area contributed by atoms with Gasteiger partial charge in [0.2, 0.25) is 0 Å². The summed E-state index contributed by atoms with van der Waals surface area (Å²) in [5.74, 6) is -0.376. The number of anilines is 1. The fourth-order valence-corrected chi connectivity index (χ4v) is 3.48. The molecule has 0 aliphatic rings. The number of amides is 1. The van der Waals surface area contributed by atoms with Crippen LogP contribution in [0.5, 0.6) is 0 Å². The maximum atomic E-state index is 12.3. The minimum Gasteiger partial charge on any atom is -0.455 e. The summed E-state index contributed by atoms with van der Waals surface area (Å²) in [6.07, 6.45) is 1.40. The van der Waals surface area contributed by atoms with E-state index < -0.39 is 15.7 Å². The molecule has 0 atom stereocenters. The quantitative estimate of drug-likeness (QED) is 0.735. The number of benzene rings is 1. The fourth-order valence-electron chi connectivity index (χ4n) is 2.10. The van der Waals surface area contributed by atoms with Crippen LogP contribution in [0.1, 0.15) is 16.3 Å². The van der Waals surface area contributed by atoms with Crippen LogP contribution in [0.3, 0.4) is 0 Å². The van der Waals surface area contributed by atoms with Crippen molar-refractivity contribution >= 4 is 33.2 Å². The third-order valence-electron chi connectivity index (χ3n) is 3.29. The Balaban J connectivity index is 1.72. The van der Waals surface area contributed by atoms with E-state index in [-0.39, 0.29) is 22.2 Å². The minimum atomic E-state index is -3.54. The molecule has 3 rings (SSSR count). The lowest BCUT2D eigenvalue weighted by atomic mass is 10.4. The number of pyridine rings is 1. The first-order valence-electron chi connectivity index (χ1n) is 7.23. The van der Waals surface area contributed by atoms with Gasteiger partial charge >= 0.3 is 0 Å². The minimum absolute atomic E-state index is 0.00462. The SMILES string of the molecule is O=C(Nc1ccc(Cl)cn1)c1ccc(CS(=O)(=O)c2ccccc2)o1. The Kier molecular flexibility index (Phi) is 4.87. The smallest absolute Gasteiger partial charge is 0.292 e. The normalized spacial score (nSPS) is 11.2. The highest BCUT2D eigenvalue weighted by molar-refractivity contribution is 7.90. The monoisotopic (exact) mass is 376 g/mol. The first-order valence-corrected chi connectivity index (χ1v) is 9.26. The van der Waals surface area contributed by atoms with Crippen molar-refractivity contribution in [3.63, 3.8) is 0 Å². The number of furan rings is 1. The van der Waals surface area contributed by atoms with Crippen molar-refractivity contribution in [2.75, 3.05) is 5.32 Å². The van der Waals surface area contributed by atoms with E-state index in [0.29, 0.717) is 10.8 Å². The van der Waals surface area contributed by atoms with Crippen LogP contribution < -0.4 is 5.32 Å². The third kappa shape index (κ3) is 4.26. The summed E-state index contributed by atoms with van der Waals surface area (Å²) in [4.78, 5) is 16.3.